The van der Waals surface area contributed by atoms with Crippen molar-refractivity contribution in [1.82, 2.24) is 4.90 Å². The molecule has 2 atom stereocenters. The van der Waals surface area contributed by atoms with E-state index in [-0.39, 0.29) is 18.2 Å². The molecule has 4 aromatic carbocycles. The van der Waals surface area contributed by atoms with E-state index in [0.717, 1.165) is 53.6 Å². The number of nitrogens with zero attached hydrogens (tertiary/aromatic N) is 1. The predicted molar refractivity (Wildman–Crippen MR) is 142 cm³/mol. The summed E-state index contributed by atoms with van der Waals surface area (Å²) in [5.74, 6) is 0.819. The van der Waals surface area contributed by atoms with Gasteiger partial charge < -0.3 is 19.7 Å². The van der Waals surface area contributed by atoms with Crippen LogP contribution >= 0.6 is 0 Å². The predicted octanol–water partition coefficient (Wildman–Crippen LogP) is 6.21. The molecule has 1 amide bonds. The molecule has 2 aliphatic rings. The van der Waals surface area contributed by atoms with E-state index < -0.39 is 0 Å². The molecule has 0 saturated carbocycles. The van der Waals surface area contributed by atoms with Gasteiger partial charge in [0.2, 0.25) is 0 Å². The van der Waals surface area contributed by atoms with Crippen LogP contribution < -0.4 is 10.1 Å². The molecule has 182 valence electrons. The third kappa shape index (κ3) is 4.42. The van der Waals surface area contributed by atoms with Gasteiger partial charge in [-0.1, -0.05) is 72.8 Å². The Hall–Kier alpha value is -3.83. The van der Waals surface area contributed by atoms with Gasteiger partial charge in [-0.05, 0) is 47.4 Å². The van der Waals surface area contributed by atoms with Crippen LogP contribution in [0.1, 0.15) is 40.5 Å². The summed E-state index contributed by atoms with van der Waals surface area (Å²) in [6, 6.07) is 30.6. The van der Waals surface area contributed by atoms with Gasteiger partial charge in [0.15, 0.2) is 0 Å². The average Bonchev–Trinajstić information content (AvgIpc) is 3.44. The Labute approximate surface area is 211 Å². The minimum atomic E-state index is -0.366. The lowest BCUT2D eigenvalue weighted by molar-refractivity contribution is 0.0425. The van der Waals surface area contributed by atoms with Gasteiger partial charge in [-0.15, -0.1) is 0 Å². The number of carbonyl (C=O) groups excluding carboxylic acids is 1. The van der Waals surface area contributed by atoms with Gasteiger partial charge in [-0.25, -0.2) is 0 Å². The van der Waals surface area contributed by atoms with E-state index in [4.69, 9.17) is 9.47 Å². The minimum absolute atomic E-state index is 0.0213. The molecule has 0 bridgehead atoms. The maximum Gasteiger partial charge on any atom is 0.257 e. The number of anilines is 1. The molecule has 4 aromatic rings. The number of rotatable bonds is 7. The lowest BCUT2D eigenvalue weighted by Gasteiger charge is -2.40. The van der Waals surface area contributed by atoms with Crippen LogP contribution in [0.3, 0.4) is 0 Å². The minimum Gasteiger partial charge on any atom is -0.493 e. The Morgan fingerprint density at radius 3 is 2.58 bits per heavy atom. The second-order valence-corrected chi connectivity index (χ2v) is 9.47. The summed E-state index contributed by atoms with van der Waals surface area (Å²) in [5, 5.41) is 5.88. The van der Waals surface area contributed by atoms with Crippen molar-refractivity contribution in [2.45, 2.75) is 31.5 Å². The van der Waals surface area contributed by atoms with Crippen LogP contribution in [0.2, 0.25) is 0 Å². The fraction of sp³-hybridized carbons (Fsp3) is 0.258. The molecule has 0 radical (unpaired) electrons. The van der Waals surface area contributed by atoms with Crippen molar-refractivity contribution in [2.75, 3.05) is 25.1 Å². The van der Waals surface area contributed by atoms with E-state index in [1.165, 1.54) is 5.56 Å². The number of ether oxygens (including phenoxy) is 2. The first kappa shape index (κ1) is 22.6. The van der Waals surface area contributed by atoms with Gasteiger partial charge in [0.25, 0.3) is 5.91 Å². The highest BCUT2D eigenvalue weighted by atomic mass is 16.5. The maximum atomic E-state index is 13.8. The van der Waals surface area contributed by atoms with Gasteiger partial charge in [0, 0.05) is 30.8 Å². The third-order valence-corrected chi connectivity index (χ3v) is 7.14. The summed E-state index contributed by atoms with van der Waals surface area (Å²) in [6.07, 6.45) is 2.49. The zero-order chi connectivity index (χ0) is 24.3. The number of amides is 1. The van der Waals surface area contributed by atoms with Gasteiger partial charge in [-0.3, -0.25) is 4.79 Å². The second-order valence-electron chi connectivity index (χ2n) is 9.47. The van der Waals surface area contributed by atoms with Crippen LogP contribution in [-0.2, 0) is 11.2 Å². The topological polar surface area (TPSA) is 50.8 Å². The van der Waals surface area contributed by atoms with Crippen LogP contribution in [0.5, 0.6) is 5.75 Å². The Morgan fingerprint density at radius 1 is 0.917 bits per heavy atom. The molecule has 5 nitrogen and oxygen atoms in total. The summed E-state index contributed by atoms with van der Waals surface area (Å²) in [4.78, 5) is 15.8. The summed E-state index contributed by atoms with van der Waals surface area (Å²) >= 11 is 0. The number of nitrogens with one attached hydrogen (secondary N) is 1. The molecule has 1 fully saturated rings. The Kier molecular flexibility index (Phi) is 6.31. The van der Waals surface area contributed by atoms with Crippen LogP contribution in [0.25, 0.3) is 10.8 Å². The molecule has 0 aliphatic carbocycles. The van der Waals surface area contributed by atoms with Gasteiger partial charge in [-0.2, -0.15) is 0 Å². The fourth-order valence-electron chi connectivity index (χ4n) is 5.32. The second kappa shape index (κ2) is 10.0. The number of hydrogen-bond donors (Lipinski definition) is 1. The highest BCUT2D eigenvalue weighted by Gasteiger charge is 2.37. The summed E-state index contributed by atoms with van der Waals surface area (Å²) in [6.45, 7) is 1.85. The molecule has 1 saturated heterocycles. The molecule has 0 aromatic heterocycles. The number of carbonyl (C=O) groups is 1. The Morgan fingerprint density at radius 2 is 1.72 bits per heavy atom. The SMILES string of the molecule is O=C1c2ccccc2NC(c2c(OCCc3ccccc3)ccc3ccccc23)N1CC1CCCO1. The summed E-state index contributed by atoms with van der Waals surface area (Å²) in [7, 11) is 0. The van der Waals surface area contributed by atoms with E-state index >= 15 is 0 Å². The highest BCUT2D eigenvalue weighted by molar-refractivity contribution is 6.02. The zero-order valence-electron chi connectivity index (χ0n) is 20.2. The van der Waals surface area contributed by atoms with Crippen molar-refractivity contribution in [1.29, 1.82) is 0 Å². The zero-order valence-corrected chi connectivity index (χ0v) is 20.2. The molecule has 0 spiro atoms. The van der Waals surface area contributed by atoms with Crippen LogP contribution in [0, 0.1) is 0 Å². The van der Waals surface area contributed by atoms with Crippen molar-refractivity contribution < 1.29 is 14.3 Å². The van der Waals surface area contributed by atoms with Crippen molar-refractivity contribution >= 4 is 22.4 Å². The molecule has 36 heavy (non-hydrogen) atoms. The standard InChI is InChI=1S/C31H30N2O3/c34-31-26-14-6-7-15-27(26)32-30(33(31)21-24-12-8-19-35-24)29-25-13-5-4-11-23(25)16-17-28(29)36-20-18-22-9-2-1-3-10-22/h1-7,9-11,13-17,24,30,32H,8,12,18-21H2. The molecule has 2 aliphatic heterocycles. The molecular formula is C31H30N2O3. The smallest absolute Gasteiger partial charge is 0.257 e. The Balaban J connectivity index is 1.40. The summed E-state index contributed by atoms with van der Waals surface area (Å²) in [5.41, 5.74) is 3.76. The van der Waals surface area contributed by atoms with E-state index in [1.807, 2.05) is 53.4 Å². The number of benzene rings is 4. The molecule has 6 rings (SSSR count). The van der Waals surface area contributed by atoms with Crippen LogP contribution in [-0.4, -0.2) is 36.7 Å². The lowest BCUT2D eigenvalue weighted by atomic mass is 9.97. The average molecular weight is 479 g/mol. The van der Waals surface area contributed by atoms with E-state index in [0.29, 0.717) is 18.7 Å². The van der Waals surface area contributed by atoms with Gasteiger partial charge in [0.1, 0.15) is 11.9 Å². The normalized spacial score (nSPS) is 19.2. The molecular weight excluding hydrogens is 448 g/mol. The first-order valence-electron chi connectivity index (χ1n) is 12.7. The fourth-order valence-corrected chi connectivity index (χ4v) is 5.32. The molecule has 1 N–H and O–H groups in total. The van der Waals surface area contributed by atoms with Crippen molar-refractivity contribution in [3.8, 4) is 5.75 Å². The number of fused-ring (bicyclic) bond motifs is 2. The number of hydrogen-bond acceptors (Lipinski definition) is 4. The monoisotopic (exact) mass is 478 g/mol. The van der Waals surface area contributed by atoms with Crippen molar-refractivity contribution in [3.63, 3.8) is 0 Å². The summed E-state index contributed by atoms with van der Waals surface area (Å²) < 4.78 is 12.4. The van der Waals surface area contributed by atoms with Gasteiger partial charge >= 0.3 is 0 Å². The van der Waals surface area contributed by atoms with E-state index in [2.05, 4.69) is 47.8 Å². The van der Waals surface area contributed by atoms with Crippen LogP contribution in [0.15, 0.2) is 91.0 Å². The maximum absolute atomic E-state index is 13.8. The van der Waals surface area contributed by atoms with Crippen molar-refractivity contribution in [2.24, 2.45) is 0 Å². The molecule has 5 heteroatoms. The van der Waals surface area contributed by atoms with E-state index in [9.17, 15) is 4.79 Å². The van der Waals surface area contributed by atoms with Crippen LogP contribution in [0.4, 0.5) is 5.69 Å². The van der Waals surface area contributed by atoms with Gasteiger partial charge in [0.05, 0.1) is 18.3 Å². The quantitative estimate of drug-likeness (QED) is 0.343. The van der Waals surface area contributed by atoms with Crippen molar-refractivity contribution in [3.05, 3.63) is 108 Å². The first-order chi connectivity index (χ1) is 17.8. The third-order valence-electron chi connectivity index (χ3n) is 7.14. The lowest BCUT2D eigenvalue weighted by Crippen LogP contribution is -2.46. The highest BCUT2D eigenvalue weighted by Crippen LogP contribution is 2.41. The Bertz CT molecular complexity index is 1360. The first-order valence-corrected chi connectivity index (χ1v) is 12.7. The van der Waals surface area contributed by atoms with E-state index in [1.54, 1.807) is 0 Å². The largest absolute Gasteiger partial charge is 0.493 e. The molecule has 2 heterocycles. The number of para-hydroxylation sites is 1. The molecule has 2 unspecified atom stereocenters.